The first-order valence-electron chi connectivity index (χ1n) is 21.6. The maximum atomic E-state index is 15.3. The van der Waals surface area contributed by atoms with Crippen LogP contribution in [-0.2, 0) is 9.84 Å². The van der Waals surface area contributed by atoms with E-state index in [0.29, 0.717) is 94.2 Å². The highest BCUT2D eigenvalue weighted by atomic mass is 32.2. The zero-order chi connectivity index (χ0) is 39.9. The lowest BCUT2D eigenvalue weighted by Gasteiger charge is -2.53. The Bertz CT molecular complexity index is 1230. The first kappa shape index (κ1) is 48.2. The summed E-state index contributed by atoms with van der Waals surface area (Å²) in [5.41, 5.74) is 0.683. The van der Waals surface area contributed by atoms with Gasteiger partial charge in [-0.25, -0.2) is 8.42 Å². The standard InChI is InChI=1S/C48H90O2S/c1-22-32(7)37(12)44(19)48(21,45(20)43(18)42(17)41(16)40(15)39(14)35(10)30(4)5)47(51(49,50)46-26-23-31(6)24-27-46)28-25-33(8)36(11)38(13)34(9)29(2)3/h23-24,26-27,29-30,32-45,47H,22,25,28H2,1-21H3. The van der Waals surface area contributed by atoms with Crippen LogP contribution in [-0.4, -0.2) is 13.7 Å². The van der Waals surface area contributed by atoms with E-state index < -0.39 is 20.5 Å². The van der Waals surface area contributed by atoms with Crippen molar-refractivity contribution in [3.8, 4) is 0 Å². The van der Waals surface area contributed by atoms with Gasteiger partial charge in [-0.05, 0) is 132 Å². The van der Waals surface area contributed by atoms with Crippen molar-refractivity contribution < 1.29 is 8.42 Å². The number of rotatable bonds is 22. The molecule has 0 bridgehead atoms. The molecule has 0 aliphatic heterocycles. The SMILES string of the molecule is CCC(C)C(C)C(C)C(C)(C(C)C(C)C(C)C(C)C(C)C(C)C(C)C(C)C)C(CCC(C)C(C)C(C)C(C)C(C)C)S(=O)(=O)c1ccc(C)cc1. The fraction of sp³-hybridized carbons (Fsp3) is 0.875. The van der Waals surface area contributed by atoms with E-state index in [1.807, 2.05) is 31.2 Å². The van der Waals surface area contributed by atoms with Crippen molar-refractivity contribution >= 4 is 9.84 Å². The lowest BCUT2D eigenvalue weighted by molar-refractivity contribution is -0.00720. The third-order valence-corrected chi connectivity index (χ3v) is 19.6. The second kappa shape index (κ2) is 20.2. The maximum absolute atomic E-state index is 15.3. The molecule has 0 spiro atoms. The van der Waals surface area contributed by atoms with Crippen LogP contribution in [0.3, 0.4) is 0 Å². The molecule has 1 rings (SSSR count). The summed E-state index contributed by atoms with van der Waals surface area (Å²) >= 11 is 0. The van der Waals surface area contributed by atoms with E-state index in [0.717, 1.165) is 18.4 Å². The van der Waals surface area contributed by atoms with E-state index >= 15 is 8.42 Å². The molecular weight excluding hydrogens is 641 g/mol. The van der Waals surface area contributed by atoms with Crippen LogP contribution in [0.1, 0.15) is 163 Å². The summed E-state index contributed by atoms with van der Waals surface area (Å²) in [6.07, 6.45) is 2.75. The molecule has 0 saturated carbocycles. The number of aryl methyl sites for hydroxylation is 1. The highest BCUT2D eigenvalue weighted by molar-refractivity contribution is 7.92. The number of hydrogen-bond acceptors (Lipinski definition) is 2. The van der Waals surface area contributed by atoms with E-state index in [2.05, 4.69) is 138 Å². The van der Waals surface area contributed by atoms with Gasteiger partial charge in [-0.3, -0.25) is 0 Å². The Balaban J connectivity index is 3.90. The third-order valence-electron chi connectivity index (χ3n) is 17.2. The molecule has 0 aliphatic rings. The predicted molar refractivity (Wildman–Crippen MR) is 228 cm³/mol. The Morgan fingerprint density at radius 1 is 0.490 bits per heavy atom. The second-order valence-corrected chi connectivity index (χ2v) is 21.9. The molecule has 3 heteroatoms. The van der Waals surface area contributed by atoms with Gasteiger partial charge in [-0.1, -0.05) is 163 Å². The summed E-state index contributed by atoms with van der Waals surface area (Å²) in [6.45, 7) is 50.2. The smallest absolute Gasteiger partial charge is 0.181 e. The average Bonchev–Trinajstić information content (AvgIpc) is 3.10. The first-order valence-corrected chi connectivity index (χ1v) is 23.2. The Hall–Kier alpha value is -0.830. The molecule has 0 heterocycles. The lowest BCUT2D eigenvalue weighted by atomic mass is 9.55. The molecule has 0 N–H and O–H groups in total. The van der Waals surface area contributed by atoms with Gasteiger partial charge in [0.05, 0.1) is 10.1 Å². The van der Waals surface area contributed by atoms with E-state index in [-0.39, 0.29) is 11.8 Å². The summed E-state index contributed by atoms with van der Waals surface area (Å²) in [4.78, 5) is 0.501. The minimum atomic E-state index is -3.63. The van der Waals surface area contributed by atoms with Crippen LogP contribution in [0, 0.1) is 107 Å². The summed E-state index contributed by atoms with van der Waals surface area (Å²) in [6, 6.07) is 7.75. The summed E-state index contributed by atoms with van der Waals surface area (Å²) < 4.78 is 30.7. The van der Waals surface area contributed by atoms with Crippen molar-refractivity contribution in [1.82, 2.24) is 0 Å². The highest BCUT2D eigenvalue weighted by Gasteiger charge is 2.53. The Kier molecular flexibility index (Phi) is 19.1. The lowest BCUT2D eigenvalue weighted by Crippen LogP contribution is -2.52. The van der Waals surface area contributed by atoms with Crippen LogP contribution >= 0.6 is 0 Å². The zero-order valence-electron chi connectivity index (χ0n) is 38.0. The molecule has 0 fully saturated rings. The van der Waals surface area contributed by atoms with Crippen molar-refractivity contribution in [3.05, 3.63) is 29.8 Å². The minimum absolute atomic E-state index is 0.222. The Labute approximate surface area is 321 Å². The van der Waals surface area contributed by atoms with Gasteiger partial charge in [-0.15, -0.1) is 0 Å². The number of benzene rings is 1. The summed E-state index contributed by atoms with van der Waals surface area (Å²) in [7, 11) is -3.63. The van der Waals surface area contributed by atoms with Crippen LogP contribution in [0.2, 0.25) is 0 Å². The number of sulfone groups is 1. The van der Waals surface area contributed by atoms with Crippen LogP contribution in [0.5, 0.6) is 0 Å². The zero-order valence-corrected chi connectivity index (χ0v) is 38.8. The molecule has 0 saturated heterocycles. The molecule has 300 valence electrons. The molecule has 0 aliphatic carbocycles. The topological polar surface area (TPSA) is 34.1 Å². The second-order valence-electron chi connectivity index (χ2n) is 19.8. The Morgan fingerprint density at radius 3 is 1.27 bits per heavy atom. The molecule has 1 aromatic rings. The van der Waals surface area contributed by atoms with E-state index in [1.165, 1.54) is 0 Å². The molecule has 0 amide bonds. The summed E-state index contributed by atoms with van der Waals surface area (Å²) in [5.74, 6) is 8.20. The predicted octanol–water partition coefficient (Wildman–Crippen LogP) is 14.6. The molecule has 2 nitrogen and oxygen atoms in total. The summed E-state index contributed by atoms with van der Waals surface area (Å²) in [5, 5.41) is -0.459. The maximum Gasteiger partial charge on any atom is 0.181 e. The molecule has 0 radical (unpaired) electrons. The number of hydrogen-bond donors (Lipinski definition) is 0. The fourth-order valence-electron chi connectivity index (χ4n) is 9.95. The van der Waals surface area contributed by atoms with E-state index in [4.69, 9.17) is 0 Å². The van der Waals surface area contributed by atoms with Crippen LogP contribution in [0.25, 0.3) is 0 Å². The molecule has 1 aromatic carbocycles. The average molecular weight is 731 g/mol. The van der Waals surface area contributed by atoms with Gasteiger partial charge < -0.3 is 0 Å². The van der Waals surface area contributed by atoms with Gasteiger partial charge in [0.15, 0.2) is 9.84 Å². The van der Waals surface area contributed by atoms with Gasteiger partial charge in [-0.2, -0.15) is 0 Å². The van der Waals surface area contributed by atoms with Gasteiger partial charge in [0.1, 0.15) is 0 Å². The molecule has 16 atom stereocenters. The van der Waals surface area contributed by atoms with Gasteiger partial charge in [0.2, 0.25) is 0 Å². The van der Waals surface area contributed by atoms with Gasteiger partial charge >= 0.3 is 0 Å². The normalized spacial score (nSPS) is 23.1. The molecular formula is C48H90O2S. The van der Waals surface area contributed by atoms with Crippen molar-refractivity contribution in [3.63, 3.8) is 0 Å². The molecule has 51 heavy (non-hydrogen) atoms. The third kappa shape index (κ3) is 11.4. The van der Waals surface area contributed by atoms with Crippen LogP contribution in [0.15, 0.2) is 29.2 Å². The van der Waals surface area contributed by atoms with Crippen LogP contribution < -0.4 is 0 Å². The molecule has 16 unspecified atom stereocenters. The minimum Gasteiger partial charge on any atom is -0.223 e. The fourth-order valence-corrected chi connectivity index (χ4v) is 12.3. The molecule has 0 aromatic heterocycles. The van der Waals surface area contributed by atoms with Crippen molar-refractivity contribution in [1.29, 1.82) is 0 Å². The quantitative estimate of drug-likeness (QED) is 0.119. The van der Waals surface area contributed by atoms with Gasteiger partial charge in [0.25, 0.3) is 0 Å². The van der Waals surface area contributed by atoms with Crippen molar-refractivity contribution in [2.45, 2.75) is 175 Å². The Morgan fingerprint density at radius 2 is 0.863 bits per heavy atom. The van der Waals surface area contributed by atoms with Crippen LogP contribution in [0.4, 0.5) is 0 Å². The first-order chi connectivity index (χ1) is 23.3. The van der Waals surface area contributed by atoms with Gasteiger partial charge in [0, 0.05) is 0 Å². The van der Waals surface area contributed by atoms with E-state index in [1.54, 1.807) is 0 Å². The highest BCUT2D eigenvalue weighted by Crippen LogP contribution is 2.54. The van der Waals surface area contributed by atoms with E-state index in [9.17, 15) is 0 Å². The monoisotopic (exact) mass is 731 g/mol. The van der Waals surface area contributed by atoms with Crippen molar-refractivity contribution in [2.24, 2.45) is 100 Å². The largest absolute Gasteiger partial charge is 0.223 e. The van der Waals surface area contributed by atoms with Crippen molar-refractivity contribution in [2.75, 3.05) is 0 Å².